The summed E-state index contributed by atoms with van der Waals surface area (Å²) >= 11 is 0. The third kappa shape index (κ3) is 4.56. The van der Waals surface area contributed by atoms with E-state index in [-0.39, 0.29) is 5.78 Å². The van der Waals surface area contributed by atoms with Gasteiger partial charge in [0.25, 0.3) is 0 Å². The van der Waals surface area contributed by atoms with Crippen molar-refractivity contribution in [1.29, 1.82) is 0 Å². The number of aryl methyl sites for hydroxylation is 1. The third-order valence-electron chi connectivity index (χ3n) is 6.78. The van der Waals surface area contributed by atoms with Crippen LogP contribution in [0.4, 0.5) is 0 Å². The van der Waals surface area contributed by atoms with Crippen LogP contribution in [0, 0.1) is 6.92 Å². The first kappa shape index (κ1) is 23.2. The summed E-state index contributed by atoms with van der Waals surface area (Å²) < 4.78 is 17.8. The van der Waals surface area contributed by atoms with Gasteiger partial charge in [0.05, 0.1) is 18.2 Å². The summed E-state index contributed by atoms with van der Waals surface area (Å²) in [7, 11) is 1.70. The average Bonchev–Trinajstić information content (AvgIpc) is 3.20. The minimum atomic E-state index is -0.0700. The van der Waals surface area contributed by atoms with Gasteiger partial charge in [0.2, 0.25) is 5.78 Å². The first-order chi connectivity index (χ1) is 16.9. The molecule has 0 unspecified atom stereocenters. The Morgan fingerprint density at radius 3 is 2.63 bits per heavy atom. The van der Waals surface area contributed by atoms with Gasteiger partial charge < -0.3 is 14.2 Å². The molecular formula is C30H31NO4. The van der Waals surface area contributed by atoms with E-state index < -0.39 is 0 Å². The summed E-state index contributed by atoms with van der Waals surface area (Å²) in [5.74, 6) is 3.08. The monoisotopic (exact) mass is 469 g/mol. The van der Waals surface area contributed by atoms with Gasteiger partial charge in [0.1, 0.15) is 24.0 Å². The second kappa shape index (κ2) is 9.59. The molecule has 0 amide bonds. The number of methoxy groups -OCH3 is 1. The number of Topliss-reactive ketones (excluding diaryl/α,β-unsaturated/α-hetero) is 1. The van der Waals surface area contributed by atoms with E-state index in [1.165, 1.54) is 5.56 Å². The number of benzene rings is 3. The van der Waals surface area contributed by atoms with Gasteiger partial charge in [-0.15, -0.1) is 0 Å². The highest BCUT2D eigenvalue weighted by molar-refractivity contribution is 6.15. The summed E-state index contributed by atoms with van der Waals surface area (Å²) in [5, 5.41) is 0. The predicted octanol–water partition coefficient (Wildman–Crippen LogP) is 6.14. The van der Waals surface area contributed by atoms with Crippen molar-refractivity contribution in [1.82, 2.24) is 4.90 Å². The average molecular weight is 470 g/mol. The Morgan fingerprint density at radius 1 is 1.11 bits per heavy atom. The number of ketones is 1. The molecule has 0 radical (unpaired) electrons. The summed E-state index contributed by atoms with van der Waals surface area (Å²) in [6.45, 7) is 8.25. The lowest BCUT2D eigenvalue weighted by molar-refractivity contribution is 0.0947. The molecule has 5 heteroatoms. The van der Waals surface area contributed by atoms with Crippen LogP contribution >= 0.6 is 0 Å². The first-order valence-electron chi connectivity index (χ1n) is 12.1. The minimum Gasteiger partial charge on any atom is -0.496 e. The van der Waals surface area contributed by atoms with Crippen LogP contribution in [0.2, 0.25) is 0 Å². The number of fused-ring (bicyclic) bond motifs is 3. The second-order valence-corrected chi connectivity index (χ2v) is 9.52. The topological polar surface area (TPSA) is 48.0 Å². The quantitative estimate of drug-likeness (QED) is 0.406. The molecule has 0 bridgehead atoms. The largest absolute Gasteiger partial charge is 0.496 e. The van der Waals surface area contributed by atoms with Gasteiger partial charge >= 0.3 is 0 Å². The van der Waals surface area contributed by atoms with Gasteiger partial charge in [-0.1, -0.05) is 56.3 Å². The van der Waals surface area contributed by atoms with E-state index >= 15 is 0 Å². The molecule has 2 aliphatic rings. The molecule has 180 valence electrons. The number of ether oxygens (including phenoxy) is 3. The van der Waals surface area contributed by atoms with Crippen molar-refractivity contribution < 1.29 is 19.0 Å². The van der Waals surface area contributed by atoms with Crippen molar-refractivity contribution in [2.45, 2.75) is 39.7 Å². The van der Waals surface area contributed by atoms with Gasteiger partial charge in [0, 0.05) is 13.1 Å². The number of allylic oxidation sites excluding steroid dienone is 1. The lowest BCUT2D eigenvalue weighted by Crippen LogP contribution is -2.34. The molecule has 0 atom stereocenters. The Balaban J connectivity index is 1.38. The number of hydrogen-bond acceptors (Lipinski definition) is 5. The lowest BCUT2D eigenvalue weighted by Gasteiger charge is -2.30. The van der Waals surface area contributed by atoms with Crippen molar-refractivity contribution >= 4 is 11.9 Å². The van der Waals surface area contributed by atoms with E-state index in [1.807, 2.05) is 49.4 Å². The molecule has 2 aliphatic heterocycles. The van der Waals surface area contributed by atoms with Crippen molar-refractivity contribution in [3.05, 3.63) is 93.7 Å². The van der Waals surface area contributed by atoms with Crippen molar-refractivity contribution in [3.63, 3.8) is 0 Å². The van der Waals surface area contributed by atoms with Crippen LogP contribution in [0.1, 0.15) is 57.9 Å². The Labute approximate surface area is 206 Å². The minimum absolute atomic E-state index is 0.0700. The molecule has 35 heavy (non-hydrogen) atoms. The maximum absolute atomic E-state index is 13.3. The summed E-state index contributed by atoms with van der Waals surface area (Å²) in [4.78, 5) is 15.5. The van der Waals surface area contributed by atoms with Crippen molar-refractivity contribution in [3.8, 4) is 17.2 Å². The van der Waals surface area contributed by atoms with Crippen LogP contribution in [-0.2, 0) is 13.0 Å². The van der Waals surface area contributed by atoms with Crippen molar-refractivity contribution in [2.75, 3.05) is 20.4 Å². The van der Waals surface area contributed by atoms with Crippen LogP contribution in [0.3, 0.4) is 0 Å². The molecule has 0 saturated carbocycles. The van der Waals surface area contributed by atoms with E-state index in [4.69, 9.17) is 14.2 Å². The number of para-hydroxylation sites is 1. The Morgan fingerprint density at radius 2 is 1.89 bits per heavy atom. The van der Waals surface area contributed by atoms with E-state index in [9.17, 15) is 4.79 Å². The Kier molecular flexibility index (Phi) is 6.35. The van der Waals surface area contributed by atoms with Crippen LogP contribution in [-0.4, -0.2) is 31.1 Å². The van der Waals surface area contributed by atoms with Gasteiger partial charge in [-0.2, -0.15) is 0 Å². The fourth-order valence-electron chi connectivity index (χ4n) is 4.74. The van der Waals surface area contributed by atoms with Crippen LogP contribution in [0.15, 0.2) is 60.4 Å². The Bertz CT molecular complexity index is 1290. The molecule has 0 aliphatic carbocycles. The fourth-order valence-corrected chi connectivity index (χ4v) is 4.74. The highest BCUT2D eigenvalue weighted by atomic mass is 16.5. The molecule has 0 saturated heterocycles. The highest BCUT2D eigenvalue weighted by Crippen LogP contribution is 2.44. The molecule has 0 aromatic heterocycles. The standard InChI is InChI=1S/C30H31NO4/c1-19(2)22-11-9-21(10-12-22)16-27-29(32)28-20(3)15-26-24(30(28)35-27)17-31(18-34-26)14-13-23-7-5-6-8-25(23)33-4/h5-12,15-16,19H,13-14,17-18H2,1-4H3/b27-16-. The predicted molar refractivity (Wildman–Crippen MR) is 137 cm³/mol. The molecule has 0 N–H and O–H groups in total. The Hall–Kier alpha value is -3.57. The maximum atomic E-state index is 13.3. The summed E-state index contributed by atoms with van der Waals surface area (Å²) in [6, 6.07) is 18.3. The second-order valence-electron chi connectivity index (χ2n) is 9.52. The lowest BCUT2D eigenvalue weighted by atomic mass is 9.98. The van der Waals surface area contributed by atoms with Crippen LogP contribution < -0.4 is 14.2 Å². The number of rotatable bonds is 6. The molecular weight excluding hydrogens is 438 g/mol. The summed E-state index contributed by atoms with van der Waals surface area (Å²) in [6.07, 6.45) is 2.68. The number of hydrogen-bond donors (Lipinski definition) is 0. The van der Waals surface area contributed by atoms with Gasteiger partial charge in [-0.05, 0) is 59.7 Å². The molecule has 0 spiro atoms. The maximum Gasteiger partial charge on any atom is 0.232 e. The molecule has 2 heterocycles. The molecule has 3 aromatic rings. The molecule has 3 aromatic carbocycles. The van der Waals surface area contributed by atoms with E-state index in [0.29, 0.717) is 36.3 Å². The van der Waals surface area contributed by atoms with Gasteiger partial charge in [-0.3, -0.25) is 9.69 Å². The van der Waals surface area contributed by atoms with Gasteiger partial charge in [0.15, 0.2) is 5.76 Å². The number of carbonyl (C=O) groups excluding carboxylic acids is 1. The molecule has 0 fully saturated rings. The van der Waals surface area contributed by atoms with Gasteiger partial charge in [-0.25, -0.2) is 0 Å². The first-order valence-corrected chi connectivity index (χ1v) is 12.1. The third-order valence-corrected chi connectivity index (χ3v) is 6.78. The SMILES string of the molecule is COc1ccccc1CCN1COc2cc(C)c3c(c2C1)O/C(=C\c1ccc(C(C)C)cc1)C3=O. The summed E-state index contributed by atoms with van der Waals surface area (Å²) in [5.41, 5.74) is 5.84. The number of carbonyl (C=O) groups is 1. The zero-order chi connectivity index (χ0) is 24.5. The number of nitrogens with zero attached hydrogens (tertiary/aromatic N) is 1. The zero-order valence-corrected chi connectivity index (χ0v) is 20.8. The molecule has 5 nitrogen and oxygen atoms in total. The fraction of sp³-hybridized carbons (Fsp3) is 0.300. The van der Waals surface area contributed by atoms with Crippen LogP contribution in [0.25, 0.3) is 6.08 Å². The van der Waals surface area contributed by atoms with E-state index in [2.05, 4.69) is 36.9 Å². The van der Waals surface area contributed by atoms with Crippen molar-refractivity contribution in [2.24, 2.45) is 0 Å². The van der Waals surface area contributed by atoms with E-state index in [1.54, 1.807) is 7.11 Å². The van der Waals surface area contributed by atoms with E-state index in [0.717, 1.165) is 46.7 Å². The molecule has 5 rings (SSSR count). The van der Waals surface area contributed by atoms with Crippen LogP contribution in [0.5, 0.6) is 17.2 Å². The zero-order valence-electron chi connectivity index (χ0n) is 20.8. The normalized spacial score (nSPS) is 16.1. The highest BCUT2D eigenvalue weighted by Gasteiger charge is 2.35. The smallest absolute Gasteiger partial charge is 0.232 e.